The lowest BCUT2D eigenvalue weighted by Crippen LogP contribution is -2.61. The maximum absolute atomic E-state index is 7.24. The molecular formula is C62H47BN4O. The smallest absolute Gasteiger partial charge is 0.254 e. The van der Waals surface area contributed by atoms with Gasteiger partial charge in [-0.15, -0.1) is 0 Å². The summed E-state index contributed by atoms with van der Waals surface area (Å²) in [5.74, 6) is 1.69. The molecule has 0 radical (unpaired) electrons. The predicted molar refractivity (Wildman–Crippen MR) is 287 cm³/mol. The fourth-order valence-corrected chi connectivity index (χ4v) is 10.9. The average molecular weight is 875 g/mol. The fraction of sp³-hybridized carbons (Fsp3) is 0.0806. The molecule has 0 N–H and O–H groups in total. The quantitative estimate of drug-likeness (QED) is 0.156. The van der Waals surface area contributed by atoms with Crippen LogP contribution < -0.4 is 31.1 Å². The van der Waals surface area contributed by atoms with Gasteiger partial charge in [0.2, 0.25) is 0 Å². The van der Waals surface area contributed by atoms with Crippen LogP contribution in [0.25, 0.3) is 43.8 Å². The molecule has 324 valence electrons. The molecule has 5 nitrogen and oxygen atoms in total. The molecule has 13 rings (SSSR count). The van der Waals surface area contributed by atoms with Gasteiger partial charge in [-0.05, 0) is 111 Å². The summed E-state index contributed by atoms with van der Waals surface area (Å²) in [4.78, 5) is 13.1. The van der Waals surface area contributed by atoms with Crippen LogP contribution in [0.1, 0.15) is 31.9 Å². The van der Waals surface area contributed by atoms with Gasteiger partial charge in [-0.1, -0.05) is 172 Å². The zero-order chi connectivity index (χ0) is 45.7. The van der Waals surface area contributed by atoms with Gasteiger partial charge in [0, 0.05) is 50.2 Å². The monoisotopic (exact) mass is 874 g/mol. The third kappa shape index (κ3) is 6.21. The zero-order valence-corrected chi connectivity index (χ0v) is 38.5. The number of pyridine rings is 1. The molecule has 11 aromatic rings. The number of para-hydroxylation sites is 4. The molecule has 0 spiro atoms. The summed E-state index contributed by atoms with van der Waals surface area (Å²) in [6, 6.07) is 76.8. The first-order valence-electron chi connectivity index (χ1n) is 23.6. The summed E-state index contributed by atoms with van der Waals surface area (Å²) in [6.45, 7) is 8.92. The van der Waals surface area contributed by atoms with E-state index >= 15 is 0 Å². The highest BCUT2D eigenvalue weighted by Crippen LogP contribution is 2.49. The Labute approximate surface area is 397 Å². The number of furan rings is 1. The molecule has 0 fully saturated rings. The second kappa shape index (κ2) is 15.4. The van der Waals surface area contributed by atoms with Gasteiger partial charge in [-0.25, -0.2) is 4.98 Å². The number of fused-ring (bicyclic) bond motifs is 8. The Morgan fingerprint density at radius 2 is 1.15 bits per heavy atom. The molecule has 0 unspecified atom stereocenters. The van der Waals surface area contributed by atoms with Crippen LogP contribution in [0.15, 0.2) is 217 Å². The van der Waals surface area contributed by atoms with Gasteiger partial charge in [0.15, 0.2) is 5.58 Å². The fourth-order valence-electron chi connectivity index (χ4n) is 10.9. The van der Waals surface area contributed by atoms with Crippen LogP contribution in [0.5, 0.6) is 0 Å². The summed E-state index contributed by atoms with van der Waals surface area (Å²) < 4.78 is 7.24. The number of nitrogens with zero attached hydrogens (tertiary/aromatic N) is 4. The van der Waals surface area contributed by atoms with Gasteiger partial charge in [0.1, 0.15) is 17.2 Å². The highest BCUT2D eigenvalue weighted by atomic mass is 16.3. The molecule has 0 atom stereocenters. The zero-order valence-electron chi connectivity index (χ0n) is 38.5. The van der Waals surface area contributed by atoms with Crippen molar-refractivity contribution in [2.24, 2.45) is 0 Å². The molecule has 0 bridgehead atoms. The van der Waals surface area contributed by atoms with Crippen molar-refractivity contribution in [3.63, 3.8) is 0 Å². The number of aryl methyl sites for hydroxylation is 1. The lowest BCUT2D eigenvalue weighted by Gasteiger charge is -2.44. The maximum Gasteiger partial charge on any atom is 0.254 e. The van der Waals surface area contributed by atoms with Crippen molar-refractivity contribution >= 4 is 107 Å². The average Bonchev–Trinajstić information content (AvgIpc) is 3.76. The second-order valence-corrected chi connectivity index (χ2v) is 19.2. The Bertz CT molecular complexity index is 3760. The van der Waals surface area contributed by atoms with E-state index in [0.717, 1.165) is 95.2 Å². The summed E-state index contributed by atoms with van der Waals surface area (Å²) in [5, 5.41) is 4.46. The molecule has 9 aromatic carbocycles. The SMILES string of the molecule is Cc1cc2c3c(c1)N(c1cccc4c1oc1c(-c5ccccc5)cccc14)c1nc(N(c4ccc(C(C)(C)C)cc4)c4cccc5ccccc45)ccc1B3c1ccccc1N2c1ccccc1. The van der Waals surface area contributed by atoms with Gasteiger partial charge in [-0.3, -0.25) is 9.80 Å². The minimum Gasteiger partial charge on any atom is -0.453 e. The summed E-state index contributed by atoms with van der Waals surface area (Å²) in [7, 11) is 0. The Hall–Kier alpha value is -8.35. The number of benzene rings is 9. The van der Waals surface area contributed by atoms with E-state index < -0.39 is 0 Å². The normalized spacial score (nSPS) is 12.9. The lowest BCUT2D eigenvalue weighted by molar-refractivity contribution is 0.590. The Kier molecular flexibility index (Phi) is 9.03. The van der Waals surface area contributed by atoms with Gasteiger partial charge >= 0.3 is 0 Å². The van der Waals surface area contributed by atoms with Crippen LogP contribution >= 0.6 is 0 Å². The van der Waals surface area contributed by atoms with Crippen LogP contribution in [0.3, 0.4) is 0 Å². The molecular weight excluding hydrogens is 828 g/mol. The first kappa shape index (κ1) is 40.0. The van der Waals surface area contributed by atoms with E-state index in [2.05, 4.69) is 255 Å². The van der Waals surface area contributed by atoms with Crippen molar-refractivity contribution in [1.29, 1.82) is 0 Å². The van der Waals surface area contributed by atoms with Crippen LogP contribution in [-0.4, -0.2) is 11.7 Å². The molecule has 6 heteroatoms. The van der Waals surface area contributed by atoms with Gasteiger partial charge in [-0.2, -0.15) is 0 Å². The van der Waals surface area contributed by atoms with E-state index in [1.807, 2.05) is 0 Å². The third-order valence-corrected chi connectivity index (χ3v) is 14.0. The maximum atomic E-state index is 7.24. The topological polar surface area (TPSA) is 35.8 Å². The third-order valence-electron chi connectivity index (χ3n) is 14.0. The van der Waals surface area contributed by atoms with Gasteiger partial charge in [0.05, 0.1) is 11.4 Å². The van der Waals surface area contributed by atoms with Gasteiger partial charge < -0.3 is 9.32 Å². The highest BCUT2D eigenvalue weighted by Gasteiger charge is 2.45. The van der Waals surface area contributed by atoms with E-state index in [0.29, 0.717) is 0 Å². The summed E-state index contributed by atoms with van der Waals surface area (Å²) in [5.41, 5.74) is 17.5. The molecule has 0 saturated heterocycles. The van der Waals surface area contributed by atoms with E-state index in [9.17, 15) is 0 Å². The number of rotatable bonds is 6. The van der Waals surface area contributed by atoms with E-state index in [1.54, 1.807) is 0 Å². The molecule has 68 heavy (non-hydrogen) atoms. The highest BCUT2D eigenvalue weighted by molar-refractivity contribution is 7.00. The van der Waals surface area contributed by atoms with E-state index in [1.165, 1.54) is 27.6 Å². The van der Waals surface area contributed by atoms with Crippen molar-refractivity contribution in [2.45, 2.75) is 33.1 Å². The molecule has 4 heterocycles. The second-order valence-electron chi connectivity index (χ2n) is 19.2. The molecule has 0 saturated carbocycles. The summed E-state index contributed by atoms with van der Waals surface area (Å²) in [6.07, 6.45) is 0. The van der Waals surface area contributed by atoms with Crippen molar-refractivity contribution in [1.82, 2.24) is 4.98 Å². The van der Waals surface area contributed by atoms with Crippen molar-refractivity contribution < 1.29 is 4.42 Å². The first-order valence-corrected chi connectivity index (χ1v) is 23.6. The molecule has 2 aromatic heterocycles. The first-order chi connectivity index (χ1) is 33.3. The molecule has 0 aliphatic carbocycles. The number of hydrogen-bond donors (Lipinski definition) is 0. The Balaban J connectivity index is 1.11. The number of aromatic nitrogens is 1. The number of anilines is 9. The largest absolute Gasteiger partial charge is 0.453 e. The number of hydrogen-bond acceptors (Lipinski definition) is 5. The van der Waals surface area contributed by atoms with E-state index in [-0.39, 0.29) is 12.1 Å². The predicted octanol–water partition coefficient (Wildman–Crippen LogP) is 15.0. The van der Waals surface area contributed by atoms with Crippen molar-refractivity contribution in [3.8, 4) is 11.1 Å². The van der Waals surface area contributed by atoms with Crippen molar-refractivity contribution in [2.75, 3.05) is 14.7 Å². The van der Waals surface area contributed by atoms with Crippen LogP contribution in [0, 0.1) is 6.92 Å². The Morgan fingerprint density at radius 3 is 1.94 bits per heavy atom. The lowest BCUT2D eigenvalue weighted by atomic mass is 9.33. The summed E-state index contributed by atoms with van der Waals surface area (Å²) >= 11 is 0. The minimum atomic E-state index is -0.0961. The molecule has 2 aliphatic heterocycles. The standard InChI is InChI=1S/C62H47BN4O/c1-40-38-55-58-56(39-40)67(54-31-17-27-49-48-26-16-25-47(59(48)68-60(49)54)42-18-7-5-8-19-42)61-51(63(58)50-28-13-14-29-53(50)65(55)44-22-9-6-10-23-44)36-37-57(64-61)66(45-34-32-43(33-35-45)62(2,3)4)52-30-15-21-41-20-11-12-24-46(41)52/h5-39H,1-4H3. The van der Waals surface area contributed by atoms with Crippen LogP contribution in [0.4, 0.5) is 51.4 Å². The molecule has 2 aliphatic rings. The minimum absolute atomic E-state index is 0.00363. The van der Waals surface area contributed by atoms with Crippen LogP contribution in [-0.2, 0) is 5.41 Å². The van der Waals surface area contributed by atoms with Crippen LogP contribution in [0.2, 0.25) is 0 Å². The van der Waals surface area contributed by atoms with Gasteiger partial charge in [0.25, 0.3) is 6.71 Å². The molecule has 0 amide bonds. The Morgan fingerprint density at radius 1 is 0.515 bits per heavy atom. The van der Waals surface area contributed by atoms with E-state index in [4.69, 9.17) is 9.40 Å². The van der Waals surface area contributed by atoms with Crippen molar-refractivity contribution in [3.05, 3.63) is 223 Å².